The van der Waals surface area contributed by atoms with Gasteiger partial charge in [-0.1, -0.05) is 0 Å². The van der Waals surface area contributed by atoms with Crippen molar-refractivity contribution in [1.29, 1.82) is 0 Å². The van der Waals surface area contributed by atoms with Gasteiger partial charge in [-0.25, -0.2) is 27.5 Å². The highest BCUT2D eigenvalue weighted by molar-refractivity contribution is 6.03. The summed E-state index contributed by atoms with van der Waals surface area (Å²) in [5.41, 5.74) is 0.278. The molecule has 0 spiro atoms. The maximum Gasteiger partial charge on any atom is 0.274 e. The molecule has 1 heterocycles. The first kappa shape index (κ1) is 18.3. The molecule has 0 atom stereocenters. The van der Waals surface area contributed by atoms with E-state index in [1.807, 2.05) is 0 Å². The third-order valence-electron chi connectivity index (χ3n) is 3.47. The minimum atomic E-state index is -1.64. The molecule has 0 unspecified atom stereocenters. The molecule has 138 valence electrons. The van der Waals surface area contributed by atoms with Gasteiger partial charge in [-0.2, -0.15) is 0 Å². The highest BCUT2D eigenvalue weighted by atomic mass is 19.2. The number of halogens is 4. The average molecular weight is 376 g/mol. The van der Waals surface area contributed by atoms with Gasteiger partial charge in [0.15, 0.2) is 17.5 Å². The van der Waals surface area contributed by atoms with E-state index in [-0.39, 0.29) is 17.3 Å². The Morgan fingerprint density at radius 1 is 0.926 bits per heavy atom. The Morgan fingerprint density at radius 3 is 2.33 bits per heavy atom. The van der Waals surface area contributed by atoms with Crippen molar-refractivity contribution in [3.8, 4) is 0 Å². The zero-order valence-corrected chi connectivity index (χ0v) is 13.9. The lowest BCUT2D eigenvalue weighted by molar-refractivity contribution is 0.102. The predicted octanol–water partition coefficient (Wildman–Crippen LogP) is 4.34. The fraction of sp³-hybridized carbons (Fsp3) is 0.0556. The lowest BCUT2D eigenvalue weighted by Gasteiger charge is -2.10. The van der Waals surface area contributed by atoms with Crippen molar-refractivity contribution in [2.24, 2.45) is 0 Å². The van der Waals surface area contributed by atoms with E-state index in [1.54, 1.807) is 6.92 Å². The van der Waals surface area contributed by atoms with Crippen molar-refractivity contribution >= 4 is 23.2 Å². The van der Waals surface area contributed by atoms with E-state index < -0.39 is 29.2 Å². The van der Waals surface area contributed by atoms with Crippen LogP contribution in [0, 0.1) is 30.2 Å². The predicted molar refractivity (Wildman–Crippen MR) is 90.7 cm³/mol. The smallest absolute Gasteiger partial charge is 0.274 e. The number of hydrogen-bond acceptors (Lipinski definition) is 4. The second kappa shape index (κ2) is 7.40. The molecule has 0 bridgehead atoms. The van der Waals surface area contributed by atoms with Crippen LogP contribution >= 0.6 is 0 Å². The summed E-state index contributed by atoms with van der Waals surface area (Å²) in [5, 5.41) is 4.94. The lowest BCUT2D eigenvalue weighted by Crippen LogP contribution is -2.15. The summed E-state index contributed by atoms with van der Waals surface area (Å²) in [6, 6.07) is 8.22. The standard InChI is InChI=1S/C18H12F4N4O/c1-9-8-14(17(27)24-11-4-2-10(19)3-5-11)26-18(23-9)25-13-7-6-12(20)15(21)16(13)22/h2-8H,1H3,(H,24,27)(H,23,25,26). The van der Waals surface area contributed by atoms with E-state index in [4.69, 9.17) is 0 Å². The van der Waals surface area contributed by atoms with E-state index in [0.717, 1.165) is 12.1 Å². The first-order valence-electron chi connectivity index (χ1n) is 7.66. The molecule has 27 heavy (non-hydrogen) atoms. The molecule has 0 aliphatic carbocycles. The van der Waals surface area contributed by atoms with Crippen LogP contribution in [0.1, 0.15) is 16.2 Å². The van der Waals surface area contributed by atoms with Crippen LogP contribution in [0.3, 0.4) is 0 Å². The summed E-state index contributed by atoms with van der Waals surface area (Å²) in [7, 11) is 0. The molecule has 9 heteroatoms. The van der Waals surface area contributed by atoms with Crippen LogP contribution < -0.4 is 10.6 Å². The average Bonchev–Trinajstić information content (AvgIpc) is 2.63. The molecule has 1 amide bonds. The van der Waals surface area contributed by atoms with Crippen LogP contribution in [0.15, 0.2) is 42.5 Å². The zero-order valence-electron chi connectivity index (χ0n) is 13.9. The number of nitrogens with one attached hydrogen (secondary N) is 2. The van der Waals surface area contributed by atoms with Crippen LogP contribution in [0.4, 0.5) is 34.9 Å². The lowest BCUT2D eigenvalue weighted by atomic mass is 10.2. The monoisotopic (exact) mass is 376 g/mol. The molecular weight excluding hydrogens is 364 g/mol. The summed E-state index contributed by atoms with van der Waals surface area (Å²) in [6.45, 7) is 1.57. The number of anilines is 3. The largest absolute Gasteiger partial charge is 0.322 e. The van der Waals surface area contributed by atoms with Crippen LogP contribution in [0.2, 0.25) is 0 Å². The van der Waals surface area contributed by atoms with Gasteiger partial charge >= 0.3 is 0 Å². The summed E-state index contributed by atoms with van der Waals surface area (Å²) in [5.74, 6) is -5.64. The van der Waals surface area contributed by atoms with Crippen LogP contribution in [0.5, 0.6) is 0 Å². The second-order valence-corrected chi connectivity index (χ2v) is 5.53. The highest BCUT2D eigenvalue weighted by Crippen LogP contribution is 2.22. The molecule has 1 aromatic heterocycles. The Balaban J connectivity index is 1.85. The maximum atomic E-state index is 13.8. The van der Waals surface area contributed by atoms with Crippen molar-refractivity contribution in [2.75, 3.05) is 10.6 Å². The maximum absolute atomic E-state index is 13.8. The Bertz CT molecular complexity index is 1010. The van der Waals surface area contributed by atoms with Crippen molar-refractivity contribution in [3.63, 3.8) is 0 Å². The van der Waals surface area contributed by atoms with Gasteiger partial charge in [0.25, 0.3) is 5.91 Å². The fourth-order valence-electron chi connectivity index (χ4n) is 2.21. The minimum absolute atomic E-state index is 0.0580. The molecule has 0 fully saturated rings. The molecule has 0 saturated heterocycles. The number of rotatable bonds is 4. The van der Waals surface area contributed by atoms with E-state index in [9.17, 15) is 22.4 Å². The van der Waals surface area contributed by atoms with Gasteiger partial charge in [0.05, 0.1) is 5.69 Å². The summed E-state index contributed by atoms with van der Waals surface area (Å²) >= 11 is 0. The molecular formula is C18H12F4N4O. The Labute approximate surface area is 151 Å². The van der Waals surface area contributed by atoms with Gasteiger partial charge in [-0.15, -0.1) is 0 Å². The molecule has 3 aromatic rings. The van der Waals surface area contributed by atoms with Gasteiger partial charge in [-0.3, -0.25) is 4.79 Å². The first-order valence-corrected chi connectivity index (χ1v) is 7.66. The van der Waals surface area contributed by atoms with Gasteiger partial charge in [0, 0.05) is 11.4 Å². The van der Waals surface area contributed by atoms with Crippen molar-refractivity contribution in [2.45, 2.75) is 6.92 Å². The number of carbonyl (C=O) groups excluding carboxylic acids is 1. The summed E-state index contributed by atoms with van der Waals surface area (Å²) in [6.07, 6.45) is 0. The SMILES string of the molecule is Cc1cc(C(=O)Nc2ccc(F)cc2)nc(Nc2ccc(F)c(F)c2F)n1. The summed E-state index contributed by atoms with van der Waals surface area (Å²) in [4.78, 5) is 20.2. The van der Waals surface area contributed by atoms with Gasteiger partial charge in [0.1, 0.15) is 11.5 Å². The Kier molecular flexibility index (Phi) is 5.02. The van der Waals surface area contributed by atoms with E-state index in [2.05, 4.69) is 20.6 Å². The third kappa shape index (κ3) is 4.20. The van der Waals surface area contributed by atoms with E-state index in [1.165, 1.54) is 30.3 Å². The number of nitrogens with zero attached hydrogens (tertiary/aromatic N) is 2. The molecule has 0 saturated carbocycles. The van der Waals surface area contributed by atoms with Crippen LogP contribution in [0.25, 0.3) is 0 Å². The Morgan fingerprint density at radius 2 is 1.63 bits per heavy atom. The topological polar surface area (TPSA) is 66.9 Å². The molecule has 5 nitrogen and oxygen atoms in total. The van der Waals surface area contributed by atoms with Crippen LogP contribution in [-0.4, -0.2) is 15.9 Å². The first-order chi connectivity index (χ1) is 12.8. The van der Waals surface area contributed by atoms with Crippen molar-refractivity contribution < 1.29 is 22.4 Å². The van der Waals surface area contributed by atoms with Crippen molar-refractivity contribution in [3.05, 3.63) is 77.1 Å². The van der Waals surface area contributed by atoms with Gasteiger partial charge in [0.2, 0.25) is 5.95 Å². The van der Waals surface area contributed by atoms with Gasteiger partial charge < -0.3 is 10.6 Å². The zero-order chi connectivity index (χ0) is 19.6. The summed E-state index contributed by atoms with van der Waals surface area (Å²) < 4.78 is 53.1. The number of benzene rings is 2. The second-order valence-electron chi connectivity index (χ2n) is 5.53. The number of aromatic nitrogens is 2. The molecule has 2 aromatic carbocycles. The normalized spacial score (nSPS) is 10.6. The van der Waals surface area contributed by atoms with Gasteiger partial charge in [-0.05, 0) is 49.4 Å². The van der Waals surface area contributed by atoms with Crippen LogP contribution in [-0.2, 0) is 0 Å². The molecule has 0 aliphatic rings. The van der Waals surface area contributed by atoms with E-state index >= 15 is 0 Å². The number of aryl methyl sites for hydroxylation is 1. The number of carbonyl (C=O) groups is 1. The minimum Gasteiger partial charge on any atom is -0.322 e. The van der Waals surface area contributed by atoms with E-state index in [0.29, 0.717) is 11.4 Å². The fourth-order valence-corrected chi connectivity index (χ4v) is 2.21. The molecule has 0 radical (unpaired) electrons. The third-order valence-corrected chi connectivity index (χ3v) is 3.47. The quantitative estimate of drug-likeness (QED) is 0.525. The number of hydrogen-bond donors (Lipinski definition) is 2. The molecule has 0 aliphatic heterocycles. The van der Waals surface area contributed by atoms with Crippen molar-refractivity contribution in [1.82, 2.24) is 9.97 Å². The molecule has 3 rings (SSSR count). The highest BCUT2D eigenvalue weighted by Gasteiger charge is 2.16. The number of amides is 1. The molecule has 2 N–H and O–H groups in total. The Hall–Kier alpha value is -3.49.